The predicted octanol–water partition coefficient (Wildman–Crippen LogP) is -0.835. The van der Waals surface area contributed by atoms with Crippen molar-refractivity contribution in [1.29, 1.82) is 0 Å². The normalized spacial score (nSPS) is 26.3. The Kier molecular flexibility index (Phi) is 13.0. The molecule has 2 rings (SSSR count). The molecule has 0 bridgehead atoms. The summed E-state index contributed by atoms with van der Waals surface area (Å²) in [5, 5.41) is 44.9. The smallest absolute Gasteiger partial charge is 0.394 e. The Bertz CT molecular complexity index is 772. The van der Waals surface area contributed by atoms with Crippen LogP contribution in [-0.4, -0.2) is 86.3 Å². The van der Waals surface area contributed by atoms with Crippen molar-refractivity contribution in [3.05, 3.63) is 35.4 Å². The van der Waals surface area contributed by atoms with Crippen LogP contribution in [0.15, 0.2) is 24.3 Å². The summed E-state index contributed by atoms with van der Waals surface area (Å²) in [6, 6.07) is 6.83. The van der Waals surface area contributed by atoms with Crippen LogP contribution in [0.1, 0.15) is 37.8 Å². The van der Waals surface area contributed by atoms with E-state index in [9.17, 15) is 15.0 Å². The van der Waals surface area contributed by atoms with Crippen molar-refractivity contribution in [3.8, 4) is 0 Å². The minimum atomic E-state index is -4.67. The highest BCUT2D eigenvalue weighted by Gasteiger charge is 2.41. The van der Waals surface area contributed by atoms with Gasteiger partial charge in [-0.2, -0.15) is 8.42 Å². The molecule has 1 fully saturated rings. The predicted molar refractivity (Wildman–Crippen MR) is 113 cm³/mol. The maximum absolute atomic E-state index is 10.8. The second kappa shape index (κ2) is 13.8. The van der Waals surface area contributed by atoms with Crippen molar-refractivity contribution in [3.63, 3.8) is 0 Å². The molecule has 32 heavy (non-hydrogen) atoms. The van der Waals surface area contributed by atoms with E-state index >= 15 is 0 Å². The average Bonchev–Trinajstić information content (AvgIpc) is 2.68. The quantitative estimate of drug-likeness (QED) is 0.240. The molecule has 0 spiro atoms. The number of aliphatic carboxylic acids is 1. The first-order valence-electron chi connectivity index (χ1n) is 9.66. The van der Waals surface area contributed by atoms with E-state index in [1.807, 2.05) is 24.3 Å². The van der Waals surface area contributed by atoms with Crippen molar-refractivity contribution in [2.45, 2.75) is 63.8 Å². The molecule has 0 amide bonds. The van der Waals surface area contributed by atoms with Gasteiger partial charge >= 0.3 is 16.4 Å². The monoisotopic (exact) mass is 483 g/mol. The summed E-state index contributed by atoms with van der Waals surface area (Å²) in [5.74, 6) is -0.558. The standard InChI is InChI=1S/C13H18O2.C6H13NO5.H2O4S/c1-9(2)8-11-4-6-12(7-5-11)10(3)13(14)15;7-3-5(10)4(9)2(1-8)12-6(3)11;1-5(2,3)4/h4-7,9-10H,8H2,1-3H3,(H,14,15);2-6,8-11H,1,7H2;(H2,1,2,3,4)/t;2-,3-,4-,5-,6?;/m.1./s1. The third-order valence-electron chi connectivity index (χ3n) is 4.44. The highest BCUT2D eigenvalue weighted by Crippen LogP contribution is 2.18. The number of rotatable bonds is 5. The molecule has 1 aromatic rings. The molecule has 0 aliphatic carbocycles. The third kappa shape index (κ3) is 11.8. The molecule has 1 saturated heterocycles. The summed E-state index contributed by atoms with van der Waals surface area (Å²) >= 11 is 0. The minimum absolute atomic E-state index is 0.418. The Balaban J connectivity index is 0.000000505. The van der Waals surface area contributed by atoms with Crippen LogP contribution in [0.5, 0.6) is 0 Å². The Morgan fingerprint density at radius 2 is 1.53 bits per heavy atom. The maximum atomic E-state index is 10.8. The largest absolute Gasteiger partial charge is 0.481 e. The number of nitrogens with two attached hydrogens (primary N) is 1. The molecule has 9 N–H and O–H groups in total. The fourth-order valence-corrected chi connectivity index (χ4v) is 2.67. The molecule has 2 unspecified atom stereocenters. The van der Waals surface area contributed by atoms with Gasteiger partial charge in [-0.05, 0) is 30.4 Å². The molecule has 12 nitrogen and oxygen atoms in total. The fourth-order valence-electron chi connectivity index (χ4n) is 2.67. The van der Waals surface area contributed by atoms with Gasteiger partial charge < -0.3 is 36.0 Å². The van der Waals surface area contributed by atoms with Gasteiger partial charge in [0.05, 0.1) is 18.6 Å². The average molecular weight is 484 g/mol. The summed E-state index contributed by atoms with van der Waals surface area (Å²) in [6.07, 6.45) is -3.81. The lowest BCUT2D eigenvalue weighted by Gasteiger charge is -2.38. The molecular formula is C19H33NO11S. The lowest BCUT2D eigenvalue weighted by Crippen LogP contribution is -2.61. The number of hydrogen-bond donors (Lipinski definition) is 8. The summed E-state index contributed by atoms with van der Waals surface area (Å²) in [5.41, 5.74) is 7.40. The molecule has 0 aromatic heterocycles. The van der Waals surface area contributed by atoms with Crippen LogP contribution in [0.2, 0.25) is 0 Å². The van der Waals surface area contributed by atoms with Crippen LogP contribution in [-0.2, 0) is 26.4 Å². The summed E-state index contributed by atoms with van der Waals surface area (Å²) in [7, 11) is -4.67. The molecule has 1 aromatic carbocycles. The molecule has 1 heterocycles. The van der Waals surface area contributed by atoms with Gasteiger partial charge in [0.15, 0.2) is 6.29 Å². The van der Waals surface area contributed by atoms with Crippen molar-refractivity contribution in [1.82, 2.24) is 0 Å². The fraction of sp³-hybridized carbons (Fsp3) is 0.632. The summed E-state index contributed by atoms with van der Waals surface area (Å²) in [6.45, 7) is 5.59. The van der Waals surface area contributed by atoms with Gasteiger partial charge in [-0.15, -0.1) is 0 Å². The van der Waals surface area contributed by atoms with E-state index < -0.39 is 59.5 Å². The number of carbonyl (C=O) groups is 1. The van der Waals surface area contributed by atoms with Gasteiger partial charge in [-0.1, -0.05) is 38.1 Å². The van der Waals surface area contributed by atoms with Gasteiger partial charge in [-0.3, -0.25) is 13.9 Å². The van der Waals surface area contributed by atoms with Crippen LogP contribution < -0.4 is 5.73 Å². The first kappa shape index (κ1) is 30.3. The number of aliphatic hydroxyl groups is 4. The van der Waals surface area contributed by atoms with E-state index in [4.69, 9.17) is 43.3 Å². The third-order valence-corrected chi connectivity index (χ3v) is 4.44. The highest BCUT2D eigenvalue weighted by atomic mass is 32.3. The molecule has 6 atom stereocenters. The molecule has 0 radical (unpaired) electrons. The summed E-state index contributed by atoms with van der Waals surface area (Å²) in [4.78, 5) is 10.8. The topological polar surface area (TPSA) is 228 Å². The van der Waals surface area contributed by atoms with E-state index in [0.717, 1.165) is 12.0 Å². The van der Waals surface area contributed by atoms with Gasteiger partial charge in [0, 0.05) is 0 Å². The minimum Gasteiger partial charge on any atom is -0.481 e. The second-order valence-electron chi connectivity index (χ2n) is 7.65. The van der Waals surface area contributed by atoms with E-state index in [1.54, 1.807) is 6.92 Å². The van der Waals surface area contributed by atoms with E-state index in [2.05, 4.69) is 13.8 Å². The van der Waals surface area contributed by atoms with Gasteiger partial charge in [0.2, 0.25) is 0 Å². The second-order valence-corrected chi connectivity index (χ2v) is 8.55. The Labute approximate surface area is 186 Å². The molecule has 1 aliphatic rings. The number of carboxylic acids is 1. The van der Waals surface area contributed by atoms with Crippen LogP contribution in [0.4, 0.5) is 0 Å². The van der Waals surface area contributed by atoms with Gasteiger partial charge in [-0.25, -0.2) is 0 Å². The molecule has 0 saturated carbocycles. The first-order valence-corrected chi connectivity index (χ1v) is 11.1. The number of benzene rings is 1. The molecule has 1 aliphatic heterocycles. The molecule has 13 heteroatoms. The Hall–Kier alpha value is -1.68. The lowest BCUT2D eigenvalue weighted by atomic mass is 9.97. The first-order chi connectivity index (χ1) is 14.6. The van der Waals surface area contributed by atoms with Crippen LogP contribution >= 0.6 is 0 Å². The zero-order valence-electron chi connectivity index (χ0n) is 18.0. The lowest BCUT2D eigenvalue weighted by molar-refractivity contribution is -0.248. The van der Waals surface area contributed by atoms with E-state index in [-0.39, 0.29) is 0 Å². The van der Waals surface area contributed by atoms with Crippen molar-refractivity contribution in [2.75, 3.05) is 6.61 Å². The summed E-state index contributed by atoms with van der Waals surface area (Å²) < 4.78 is 36.3. The number of hydrogen-bond acceptors (Lipinski definition) is 9. The highest BCUT2D eigenvalue weighted by molar-refractivity contribution is 7.79. The molecule has 186 valence electrons. The number of ether oxygens (including phenoxy) is 1. The number of aliphatic hydroxyl groups excluding tert-OH is 4. The van der Waals surface area contributed by atoms with Crippen LogP contribution in [0.25, 0.3) is 0 Å². The van der Waals surface area contributed by atoms with E-state index in [1.165, 1.54) is 5.56 Å². The van der Waals surface area contributed by atoms with Crippen molar-refractivity contribution < 1.29 is 52.6 Å². The zero-order chi connectivity index (χ0) is 25.2. The number of carboxylic acid groups (broad SMARTS) is 1. The Morgan fingerprint density at radius 3 is 1.91 bits per heavy atom. The zero-order valence-corrected chi connectivity index (χ0v) is 18.8. The van der Waals surface area contributed by atoms with Crippen LogP contribution in [0, 0.1) is 5.92 Å². The van der Waals surface area contributed by atoms with Crippen LogP contribution in [0.3, 0.4) is 0 Å². The van der Waals surface area contributed by atoms with Crippen molar-refractivity contribution in [2.24, 2.45) is 11.7 Å². The SMILES string of the molecule is CC(C)Cc1ccc(C(C)C(=O)O)cc1.N[C@H]1C(O)O[C@H](CO)[C@@H](O)[C@@H]1O.O=S(=O)(O)O. The Morgan fingerprint density at radius 1 is 1.06 bits per heavy atom. The van der Waals surface area contributed by atoms with Gasteiger partial charge in [0.25, 0.3) is 0 Å². The van der Waals surface area contributed by atoms with E-state index in [0.29, 0.717) is 5.92 Å². The van der Waals surface area contributed by atoms with Crippen molar-refractivity contribution >= 4 is 16.4 Å². The molecular weight excluding hydrogens is 450 g/mol. The van der Waals surface area contributed by atoms with Gasteiger partial charge in [0.1, 0.15) is 18.3 Å². The maximum Gasteiger partial charge on any atom is 0.394 e.